The highest BCUT2D eigenvalue weighted by Crippen LogP contribution is 2.30. The summed E-state index contributed by atoms with van der Waals surface area (Å²) in [5.74, 6) is 0. The molecule has 3 aromatic rings. The SMILES string of the molecule is OCc1c2ccccc2cc2ccc(Cl)cc12. The Hall–Kier alpha value is -1.57. The van der Waals surface area contributed by atoms with E-state index in [1.54, 1.807) is 0 Å². The second-order valence-electron chi connectivity index (χ2n) is 4.10. The molecule has 3 rings (SSSR count). The average molecular weight is 243 g/mol. The number of aliphatic hydroxyl groups excluding tert-OH is 1. The lowest BCUT2D eigenvalue weighted by atomic mass is 9.97. The van der Waals surface area contributed by atoms with Crippen LogP contribution >= 0.6 is 11.6 Å². The largest absolute Gasteiger partial charge is 0.392 e. The molecule has 0 aliphatic heterocycles. The van der Waals surface area contributed by atoms with Crippen LogP contribution in [0.1, 0.15) is 5.56 Å². The zero-order valence-electron chi connectivity index (χ0n) is 9.15. The van der Waals surface area contributed by atoms with Gasteiger partial charge in [0.05, 0.1) is 6.61 Å². The quantitative estimate of drug-likeness (QED) is 0.636. The fourth-order valence-electron chi connectivity index (χ4n) is 2.30. The zero-order valence-corrected chi connectivity index (χ0v) is 9.91. The summed E-state index contributed by atoms with van der Waals surface area (Å²) in [5, 5.41) is 14.6. The van der Waals surface area contributed by atoms with Gasteiger partial charge in [-0.2, -0.15) is 0 Å². The molecule has 1 nitrogen and oxygen atoms in total. The molecule has 0 aliphatic carbocycles. The zero-order chi connectivity index (χ0) is 11.8. The molecule has 0 unspecified atom stereocenters. The Morgan fingerprint density at radius 1 is 0.882 bits per heavy atom. The first-order valence-corrected chi connectivity index (χ1v) is 5.88. The molecule has 0 aromatic heterocycles. The molecular weight excluding hydrogens is 232 g/mol. The minimum Gasteiger partial charge on any atom is -0.392 e. The fraction of sp³-hybridized carbons (Fsp3) is 0.0667. The third kappa shape index (κ3) is 1.68. The van der Waals surface area contributed by atoms with Crippen molar-refractivity contribution >= 4 is 33.1 Å². The van der Waals surface area contributed by atoms with E-state index in [9.17, 15) is 5.11 Å². The summed E-state index contributed by atoms with van der Waals surface area (Å²) in [6.07, 6.45) is 0. The van der Waals surface area contributed by atoms with Crippen LogP contribution in [0.4, 0.5) is 0 Å². The number of aliphatic hydroxyl groups is 1. The lowest BCUT2D eigenvalue weighted by Crippen LogP contribution is -1.89. The minimum atomic E-state index is 0.0260. The van der Waals surface area contributed by atoms with Gasteiger partial charge >= 0.3 is 0 Å². The van der Waals surface area contributed by atoms with E-state index in [0.29, 0.717) is 5.02 Å². The lowest BCUT2D eigenvalue weighted by molar-refractivity contribution is 0.285. The monoisotopic (exact) mass is 242 g/mol. The van der Waals surface area contributed by atoms with Crippen molar-refractivity contribution in [2.24, 2.45) is 0 Å². The topological polar surface area (TPSA) is 20.2 Å². The number of fused-ring (bicyclic) bond motifs is 2. The predicted molar refractivity (Wildman–Crippen MR) is 72.4 cm³/mol. The maximum atomic E-state index is 9.58. The van der Waals surface area contributed by atoms with Crippen LogP contribution in [0.2, 0.25) is 5.02 Å². The molecule has 0 radical (unpaired) electrons. The Morgan fingerprint density at radius 2 is 1.65 bits per heavy atom. The third-order valence-electron chi connectivity index (χ3n) is 3.10. The van der Waals surface area contributed by atoms with Gasteiger partial charge in [-0.15, -0.1) is 0 Å². The van der Waals surface area contributed by atoms with Gasteiger partial charge in [0.25, 0.3) is 0 Å². The summed E-state index contributed by atoms with van der Waals surface area (Å²) >= 11 is 6.02. The Balaban J connectivity index is 2.54. The van der Waals surface area contributed by atoms with Crippen LogP contribution in [0.3, 0.4) is 0 Å². The molecule has 0 amide bonds. The van der Waals surface area contributed by atoms with Crippen LogP contribution in [0.5, 0.6) is 0 Å². The molecule has 0 heterocycles. The Morgan fingerprint density at radius 3 is 2.47 bits per heavy atom. The molecule has 0 atom stereocenters. The third-order valence-corrected chi connectivity index (χ3v) is 3.33. The van der Waals surface area contributed by atoms with Gasteiger partial charge in [0.2, 0.25) is 0 Å². The van der Waals surface area contributed by atoms with Crippen molar-refractivity contribution in [3.05, 3.63) is 59.1 Å². The van der Waals surface area contributed by atoms with Crippen LogP contribution in [-0.2, 0) is 6.61 Å². The van der Waals surface area contributed by atoms with Gasteiger partial charge in [-0.1, -0.05) is 41.9 Å². The summed E-state index contributed by atoms with van der Waals surface area (Å²) in [6, 6.07) is 16.0. The first-order valence-electron chi connectivity index (χ1n) is 5.50. The highest BCUT2D eigenvalue weighted by molar-refractivity contribution is 6.31. The normalized spacial score (nSPS) is 11.2. The summed E-state index contributed by atoms with van der Waals surface area (Å²) in [5.41, 5.74) is 0.945. The molecule has 0 saturated heterocycles. The molecule has 0 spiro atoms. The van der Waals surface area contributed by atoms with E-state index in [1.807, 2.05) is 36.4 Å². The Labute approximate surface area is 104 Å². The van der Waals surface area contributed by atoms with Crippen molar-refractivity contribution in [3.63, 3.8) is 0 Å². The number of halogens is 1. The van der Waals surface area contributed by atoms with E-state index in [-0.39, 0.29) is 6.61 Å². The van der Waals surface area contributed by atoms with Crippen molar-refractivity contribution in [2.75, 3.05) is 0 Å². The highest BCUT2D eigenvalue weighted by Gasteiger charge is 2.06. The van der Waals surface area contributed by atoms with Gasteiger partial charge in [0, 0.05) is 5.02 Å². The first kappa shape index (κ1) is 10.6. The van der Waals surface area contributed by atoms with Gasteiger partial charge in [-0.05, 0) is 45.3 Å². The average Bonchev–Trinajstić information content (AvgIpc) is 2.36. The minimum absolute atomic E-state index is 0.0260. The van der Waals surface area contributed by atoms with Gasteiger partial charge in [0.1, 0.15) is 0 Å². The van der Waals surface area contributed by atoms with Gasteiger partial charge in [0.15, 0.2) is 0 Å². The van der Waals surface area contributed by atoms with Crippen LogP contribution in [0, 0.1) is 0 Å². The molecule has 0 fully saturated rings. The second-order valence-corrected chi connectivity index (χ2v) is 4.54. The smallest absolute Gasteiger partial charge is 0.0693 e. The maximum Gasteiger partial charge on any atom is 0.0693 e. The molecule has 3 aromatic carbocycles. The van der Waals surface area contributed by atoms with E-state index in [0.717, 1.165) is 27.1 Å². The van der Waals surface area contributed by atoms with Crippen LogP contribution in [-0.4, -0.2) is 5.11 Å². The molecular formula is C15H11ClO. The number of hydrogen-bond donors (Lipinski definition) is 1. The van der Waals surface area contributed by atoms with Crippen molar-refractivity contribution in [1.82, 2.24) is 0 Å². The molecule has 1 N–H and O–H groups in total. The molecule has 0 bridgehead atoms. The molecule has 17 heavy (non-hydrogen) atoms. The summed E-state index contributed by atoms with van der Waals surface area (Å²) in [6.45, 7) is 0.0260. The summed E-state index contributed by atoms with van der Waals surface area (Å²) in [4.78, 5) is 0. The number of hydrogen-bond acceptors (Lipinski definition) is 1. The van der Waals surface area contributed by atoms with E-state index in [4.69, 9.17) is 11.6 Å². The summed E-state index contributed by atoms with van der Waals surface area (Å²) in [7, 11) is 0. The number of benzene rings is 3. The van der Waals surface area contributed by atoms with E-state index in [2.05, 4.69) is 12.1 Å². The number of rotatable bonds is 1. The standard InChI is InChI=1S/C15H11ClO/c16-12-6-5-11-7-10-3-1-2-4-13(10)15(9-17)14(11)8-12/h1-8,17H,9H2. The van der Waals surface area contributed by atoms with Crippen LogP contribution in [0.15, 0.2) is 48.5 Å². The lowest BCUT2D eigenvalue weighted by Gasteiger charge is -2.09. The van der Waals surface area contributed by atoms with Gasteiger partial charge < -0.3 is 5.11 Å². The van der Waals surface area contributed by atoms with E-state index >= 15 is 0 Å². The fourth-order valence-corrected chi connectivity index (χ4v) is 2.47. The highest BCUT2D eigenvalue weighted by atomic mass is 35.5. The Bertz CT molecular complexity index is 704. The van der Waals surface area contributed by atoms with Gasteiger partial charge in [-0.3, -0.25) is 0 Å². The molecule has 84 valence electrons. The van der Waals surface area contributed by atoms with Crippen molar-refractivity contribution < 1.29 is 5.11 Å². The summed E-state index contributed by atoms with van der Waals surface area (Å²) < 4.78 is 0. The van der Waals surface area contributed by atoms with E-state index < -0.39 is 0 Å². The second kappa shape index (κ2) is 4.02. The van der Waals surface area contributed by atoms with Crippen molar-refractivity contribution in [1.29, 1.82) is 0 Å². The van der Waals surface area contributed by atoms with Gasteiger partial charge in [-0.25, -0.2) is 0 Å². The van der Waals surface area contributed by atoms with Crippen LogP contribution in [0.25, 0.3) is 21.5 Å². The predicted octanol–water partition coefficient (Wildman–Crippen LogP) is 4.14. The van der Waals surface area contributed by atoms with Crippen LogP contribution < -0.4 is 0 Å². The molecule has 2 heteroatoms. The molecule has 0 aliphatic rings. The maximum absolute atomic E-state index is 9.58. The van der Waals surface area contributed by atoms with E-state index in [1.165, 1.54) is 0 Å². The van der Waals surface area contributed by atoms with Crippen molar-refractivity contribution in [2.45, 2.75) is 6.61 Å². The Kier molecular flexibility index (Phi) is 2.50. The molecule has 0 saturated carbocycles. The van der Waals surface area contributed by atoms with Crippen molar-refractivity contribution in [3.8, 4) is 0 Å². The first-order chi connectivity index (χ1) is 8.29.